The Morgan fingerprint density at radius 2 is 2.12 bits per heavy atom. The van der Waals surface area contributed by atoms with Crippen LogP contribution < -0.4 is 10.5 Å². The number of hydrogen-bond donors (Lipinski definition) is 1. The molecule has 0 spiro atoms. The third-order valence-corrected chi connectivity index (χ3v) is 3.23. The maximum Gasteiger partial charge on any atom is 0.168 e. The van der Waals surface area contributed by atoms with Crippen LogP contribution in [0, 0.1) is 11.2 Å². The van der Waals surface area contributed by atoms with Crippen molar-refractivity contribution in [3.8, 4) is 5.75 Å². The molecule has 0 radical (unpaired) electrons. The molecule has 0 heterocycles. The Morgan fingerprint density at radius 1 is 1.41 bits per heavy atom. The second-order valence-electron chi connectivity index (χ2n) is 4.87. The van der Waals surface area contributed by atoms with E-state index in [1.807, 2.05) is 6.07 Å². The average Bonchev–Trinajstić information content (AvgIpc) is 2.32. The number of rotatable bonds is 6. The molecule has 0 saturated heterocycles. The van der Waals surface area contributed by atoms with Gasteiger partial charge in [-0.25, -0.2) is 4.39 Å². The van der Waals surface area contributed by atoms with Crippen molar-refractivity contribution in [1.82, 2.24) is 0 Å². The highest BCUT2D eigenvalue weighted by molar-refractivity contribution is 5.31. The van der Waals surface area contributed by atoms with Crippen molar-refractivity contribution >= 4 is 0 Å². The van der Waals surface area contributed by atoms with E-state index in [1.165, 1.54) is 7.11 Å². The monoisotopic (exact) mass is 239 g/mol. The largest absolute Gasteiger partial charge is 0.494 e. The molecule has 1 atom stereocenters. The van der Waals surface area contributed by atoms with Crippen LogP contribution in [0.4, 0.5) is 4.39 Å². The summed E-state index contributed by atoms with van der Waals surface area (Å²) >= 11 is 0. The second kappa shape index (κ2) is 6.01. The van der Waals surface area contributed by atoms with Gasteiger partial charge < -0.3 is 10.5 Å². The minimum absolute atomic E-state index is 0.0397. The number of benzene rings is 1. The van der Waals surface area contributed by atoms with Crippen molar-refractivity contribution in [1.29, 1.82) is 0 Å². The summed E-state index contributed by atoms with van der Waals surface area (Å²) in [7, 11) is 1.48. The fourth-order valence-corrected chi connectivity index (χ4v) is 2.18. The maximum atomic E-state index is 14.0. The van der Waals surface area contributed by atoms with Gasteiger partial charge in [0.2, 0.25) is 0 Å². The van der Waals surface area contributed by atoms with Crippen LogP contribution in [-0.2, 0) is 6.42 Å². The van der Waals surface area contributed by atoms with Crippen LogP contribution in [0.1, 0.15) is 32.3 Å². The van der Waals surface area contributed by atoms with Gasteiger partial charge in [0.05, 0.1) is 7.11 Å². The van der Waals surface area contributed by atoms with Crippen LogP contribution in [0.15, 0.2) is 18.2 Å². The van der Waals surface area contributed by atoms with Gasteiger partial charge in [0.15, 0.2) is 11.6 Å². The van der Waals surface area contributed by atoms with Crippen LogP contribution in [0.2, 0.25) is 0 Å². The predicted octanol–water partition coefficient (Wildman–Crippen LogP) is 3.14. The normalized spacial score (nSPS) is 14.4. The standard InChI is InChI=1S/C14H22FNO/c1-4-8-14(2,10-16)9-11-6-5-7-12(17-3)13(11)15/h5-7H,4,8-10,16H2,1-3H3. The number of hydrogen-bond acceptors (Lipinski definition) is 2. The molecule has 0 aromatic heterocycles. The highest BCUT2D eigenvalue weighted by atomic mass is 19.1. The van der Waals surface area contributed by atoms with Gasteiger partial charge in [0.25, 0.3) is 0 Å². The SMILES string of the molecule is CCCC(C)(CN)Cc1cccc(OC)c1F. The van der Waals surface area contributed by atoms with E-state index in [0.29, 0.717) is 24.3 Å². The van der Waals surface area contributed by atoms with E-state index in [0.717, 1.165) is 12.8 Å². The van der Waals surface area contributed by atoms with Gasteiger partial charge in [-0.3, -0.25) is 0 Å². The molecular weight excluding hydrogens is 217 g/mol. The molecule has 1 rings (SSSR count). The molecule has 0 aliphatic rings. The summed E-state index contributed by atoms with van der Waals surface area (Å²) in [6.07, 6.45) is 2.71. The Labute approximate surface area is 103 Å². The first-order valence-electron chi connectivity index (χ1n) is 6.07. The summed E-state index contributed by atoms with van der Waals surface area (Å²) in [5.41, 5.74) is 6.45. The Kier molecular flexibility index (Phi) is 4.94. The van der Waals surface area contributed by atoms with E-state index in [-0.39, 0.29) is 11.2 Å². The van der Waals surface area contributed by atoms with Crippen molar-refractivity contribution in [2.75, 3.05) is 13.7 Å². The van der Waals surface area contributed by atoms with Gasteiger partial charge in [-0.1, -0.05) is 32.4 Å². The quantitative estimate of drug-likeness (QED) is 0.827. The first kappa shape index (κ1) is 14.0. The molecule has 0 aliphatic heterocycles. The van der Waals surface area contributed by atoms with E-state index in [2.05, 4.69) is 13.8 Å². The zero-order chi connectivity index (χ0) is 12.9. The molecular formula is C14H22FNO. The first-order chi connectivity index (χ1) is 8.06. The fraction of sp³-hybridized carbons (Fsp3) is 0.571. The molecule has 1 aromatic carbocycles. The molecule has 96 valence electrons. The van der Waals surface area contributed by atoms with Gasteiger partial charge in [-0.05, 0) is 36.4 Å². The van der Waals surface area contributed by atoms with E-state index in [1.54, 1.807) is 12.1 Å². The molecule has 1 unspecified atom stereocenters. The summed E-state index contributed by atoms with van der Waals surface area (Å²) < 4.78 is 19.0. The molecule has 0 saturated carbocycles. The van der Waals surface area contributed by atoms with Gasteiger partial charge in [-0.2, -0.15) is 0 Å². The molecule has 3 heteroatoms. The summed E-state index contributed by atoms with van der Waals surface area (Å²) in [4.78, 5) is 0. The Bertz CT molecular complexity index is 367. The van der Waals surface area contributed by atoms with Crippen LogP contribution in [0.5, 0.6) is 5.75 Å². The smallest absolute Gasteiger partial charge is 0.168 e. The lowest BCUT2D eigenvalue weighted by atomic mass is 9.80. The number of halogens is 1. The van der Waals surface area contributed by atoms with Crippen LogP contribution in [-0.4, -0.2) is 13.7 Å². The van der Waals surface area contributed by atoms with Crippen LogP contribution >= 0.6 is 0 Å². The average molecular weight is 239 g/mol. The number of methoxy groups -OCH3 is 1. The highest BCUT2D eigenvalue weighted by Gasteiger charge is 2.24. The summed E-state index contributed by atoms with van der Waals surface area (Å²) in [6, 6.07) is 5.26. The fourth-order valence-electron chi connectivity index (χ4n) is 2.18. The lowest BCUT2D eigenvalue weighted by Crippen LogP contribution is -2.29. The van der Waals surface area contributed by atoms with Gasteiger partial charge in [-0.15, -0.1) is 0 Å². The van der Waals surface area contributed by atoms with Crippen LogP contribution in [0.25, 0.3) is 0 Å². The first-order valence-corrected chi connectivity index (χ1v) is 6.07. The van der Waals surface area contributed by atoms with Crippen molar-refractivity contribution in [3.63, 3.8) is 0 Å². The van der Waals surface area contributed by atoms with E-state index in [4.69, 9.17) is 10.5 Å². The Morgan fingerprint density at radius 3 is 2.65 bits per heavy atom. The number of nitrogens with two attached hydrogens (primary N) is 1. The van der Waals surface area contributed by atoms with E-state index in [9.17, 15) is 4.39 Å². The van der Waals surface area contributed by atoms with Gasteiger partial charge in [0.1, 0.15) is 0 Å². The Balaban J connectivity index is 2.93. The second-order valence-corrected chi connectivity index (χ2v) is 4.87. The lowest BCUT2D eigenvalue weighted by molar-refractivity contribution is 0.296. The van der Waals surface area contributed by atoms with Crippen molar-refractivity contribution in [2.24, 2.45) is 11.1 Å². The van der Waals surface area contributed by atoms with Crippen LogP contribution in [0.3, 0.4) is 0 Å². The number of ether oxygens (including phenoxy) is 1. The molecule has 2 N–H and O–H groups in total. The summed E-state index contributed by atoms with van der Waals surface area (Å²) in [6.45, 7) is 4.79. The third-order valence-electron chi connectivity index (χ3n) is 3.23. The lowest BCUT2D eigenvalue weighted by Gasteiger charge is -2.28. The predicted molar refractivity (Wildman–Crippen MR) is 68.7 cm³/mol. The molecule has 2 nitrogen and oxygen atoms in total. The molecule has 0 bridgehead atoms. The molecule has 0 aliphatic carbocycles. The topological polar surface area (TPSA) is 35.2 Å². The minimum Gasteiger partial charge on any atom is -0.494 e. The van der Waals surface area contributed by atoms with Crippen molar-refractivity contribution in [3.05, 3.63) is 29.6 Å². The molecule has 1 aromatic rings. The Hall–Kier alpha value is -1.09. The minimum atomic E-state index is -0.259. The van der Waals surface area contributed by atoms with E-state index < -0.39 is 0 Å². The third kappa shape index (κ3) is 3.43. The molecule has 0 fully saturated rings. The summed E-state index contributed by atoms with van der Waals surface area (Å²) in [5.74, 6) is 0.0455. The highest BCUT2D eigenvalue weighted by Crippen LogP contribution is 2.30. The molecule has 17 heavy (non-hydrogen) atoms. The molecule has 0 amide bonds. The summed E-state index contributed by atoms with van der Waals surface area (Å²) in [5, 5.41) is 0. The zero-order valence-corrected chi connectivity index (χ0v) is 10.9. The zero-order valence-electron chi connectivity index (χ0n) is 10.9. The van der Waals surface area contributed by atoms with Gasteiger partial charge >= 0.3 is 0 Å². The van der Waals surface area contributed by atoms with Gasteiger partial charge in [0, 0.05) is 0 Å². The van der Waals surface area contributed by atoms with Crippen molar-refractivity contribution < 1.29 is 9.13 Å². The van der Waals surface area contributed by atoms with E-state index >= 15 is 0 Å². The van der Waals surface area contributed by atoms with Crippen molar-refractivity contribution in [2.45, 2.75) is 33.1 Å². The maximum absolute atomic E-state index is 14.0.